The van der Waals surface area contributed by atoms with E-state index >= 15 is 0 Å². The van der Waals surface area contributed by atoms with Gasteiger partial charge in [-0.15, -0.1) is 0 Å². The molecule has 1 amide bonds. The van der Waals surface area contributed by atoms with Crippen molar-refractivity contribution in [3.8, 4) is 5.75 Å². The molecule has 5 heteroatoms. The number of hydrazone groups is 1. The van der Waals surface area contributed by atoms with E-state index in [1.54, 1.807) is 18.3 Å². The van der Waals surface area contributed by atoms with Gasteiger partial charge < -0.3 is 4.74 Å². The Morgan fingerprint density at radius 3 is 2.60 bits per heavy atom. The lowest BCUT2D eigenvalue weighted by Gasteiger charge is -2.09. The minimum atomic E-state index is -0.276. The second-order valence-electron chi connectivity index (χ2n) is 6.68. The van der Waals surface area contributed by atoms with Crippen LogP contribution in [-0.4, -0.2) is 12.1 Å². The lowest BCUT2D eigenvalue weighted by molar-refractivity contribution is 0.0954. The van der Waals surface area contributed by atoms with Crippen LogP contribution in [0.3, 0.4) is 0 Å². The van der Waals surface area contributed by atoms with Crippen molar-refractivity contribution < 1.29 is 9.53 Å². The van der Waals surface area contributed by atoms with Crippen molar-refractivity contribution in [1.29, 1.82) is 0 Å². The van der Waals surface area contributed by atoms with E-state index in [9.17, 15) is 4.79 Å². The maximum Gasteiger partial charge on any atom is 0.272 e. The Morgan fingerprint density at radius 1 is 0.933 bits per heavy atom. The molecule has 0 unspecified atom stereocenters. The van der Waals surface area contributed by atoms with Gasteiger partial charge >= 0.3 is 0 Å². The third kappa shape index (κ3) is 4.75. The van der Waals surface area contributed by atoms with Gasteiger partial charge in [0.1, 0.15) is 12.4 Å². The van der Waals surface area contributed by atoms with Crippen LogP contribution < -0.4 is 10.2 Å². The molecule has 0 aliphatic heterocycles. The van der Waals surface area contributed by atoms with Gasteiger partial charge in [-0.1, -0.05) is 66.7 Å². The summed E-state index contributed by atoms with van der Waals surface area (Å²) in [7, 11) is 0. The summed E-state index contributed by atoms with van der Waals surface area (Å²) >= 11 is 3.37. The summed E-state index contributed by atoms with van der Waals surface area (Å²) in [5.74, 6) is 0.464. The second kappa shape index (κ2) is 9.37. The quantitative estimate of drug-likeness (QED) is 0.286. The molecule has 4 aromatic rings. The summed E-state index contributed by atoms with van der Waals surface area (Å²) in [6.45, 7) is 0.473. The normalized spacial score (nSPS) is 11.0. The molecule has 0 saturated carbocycles. The number of rotatable bonds is 6. The van der Waals surface area contributed by atoms with Gasteiger partial charge in [0.05, 0.1) is 11.8 Å². The standard InChI is InChI=1S/C25H19BrN2O2/c26-24-14-4-3-13-23(24)25(29)28-27-16-18-7-5-11-21(15-18)30-17-20-10-6-9-19-8-1-2-12-22(19)20/h1-16H,17H2,(H,28,29)/b27-16-. The van der Waals surface area contributed by atoms with Crippen LogP contribution in [0, 0.1) is 0 Å². The van der Waals surface area contributed by atoms with Gasteiger partial charge in [0.2, 0.25) is 0 Å². The Balaban J connectivity index is 1.41. The first kappa shape index (κ1) is 19.9. The molecular weight excluding hydrogens is 440 g/mol. The van der Waals surface area contributed by atoms with Gasteiger partial charge in [-0.2, -0.15) is 5.10 Å². The number of hydrogen-bond acceptors (Lipinski definition) is 3. The highest BCUT2D eigenvalue weighted by Crippen LogP contribution is 2.21. The Kier molecular flexibility index (Phi) is 6.20. The Labute approximate surface area is 183 Å². The van der Waals surface area contributed by atoms with Crippen molar-refractivity contribution in [2.75, 3.05) is 0 Å². The molecule has 4 aromatic carbocycles. The van der Waals surface area contributed by atoms with Gasteiger partial charge in [-0.3, -0.25) is 4.79 Å². The summed E-state index contributed by atoms with van der Waals surface area (Å²) < 4.78 is 6.72. The summed E-state index contributed by atoms with van der Waals surface area (Å²) in [6.07, 6.45) is 1.60. The van der Waals surface area contributed by atoms with E-state index in [1.165, 1.54) is 10.8 Å². The zero-order chi connectivity index (χ0) is 20.8. The van der Waals surface area contributed by atoms with Crippen LogP contribution in [0.1, 0.15) is 21.5 Å². The molecule has 4 rings (SSSR count). The first-order chi connectivity index (χ1) is 14.7. The number of benzene rings is 4. The molecule has 0 atom stereocenters. The highest BCUT2D eigenvalue weighted by Gasteiger charge is 2.07. The average Bonchev–Trinajstić information content (AvgIpc) is 2.78. The zero-order valence-electron chi connectivity index (χ0n) is 16.1. The number of carbonyl (C=O) groups is 1. The second-order valence-corrected chi connectivity index (χ2v) is 7.53. The number of nitrogens with zero attached hydrogens (tertiary/aromatic N) is 1. The maximum absolute atomic E-state index is 12.2. The minimum Gasteiger partial charge on any atom is -0.489 e. The van der Waals surface area contributed by atoms with Crippen LogP contribution in [0.4, 0.5) is 0 Å². The van der Waals surface area contributed by atoms with E-state index in [0.717, 1.165) is 21.3 Å². The van der Waals surface area contributed by atoms with Gasteiger partial charge in [0.15, 0.2) is 0 Å². The van der Waals surface area contributed by atoms with E-state index in [2.05, 4.69) is 50.7 Å². The predicted octanol–water partition coefficient (Wildman–Crippen LogP) is 5.95. The van der Waals surface area contributed by atoms with E-state index in [1.807, 2.05) is 54.6 Å². The molecule has 148 valence electrons. The smallest absolute Gasteiger partial charge is 0.272 e. The highest BCUT2D eigenvalue weighted by atomic mass is 79.9. The molecule has 0 fully saturated rings. The van der Waals surface area contributed by atoms with Crippen molar-refractivity contribution in [2.24, 2.45) is 5.10 Å². The molecule has 0 aliphatic rings. The average molecular weight is 459 g/mol. The van der Waals surface area contributed by atoms with Crippen molar-refractivity contribution in [3.05, 3.63) is 112 Å². The number of amides is 1. The van der Waals surface area contributed by atoms with Crippen LogP contribution >= 0.6 is 15.9 Å². The monoisotopic (exact) mass is 458 g/mol. The zero-order valence-corrected chi connectivity index (χ0v) is 17.7. The number of ether oxygens (including phenoxy) is 1. The summed E-state index contributed by atoms with van der Waals surface area (Å²) in [5.41, 5.74) is 5.04. The van der Waals surface area contributed by atoms with E-state index in [-0.39, 0.29) is 5.91 Å². The molecular formula is C25H19BrN2O2. The van der Waals surface area contributed by atoms with E-state index in [4.69, 9.17) is 4.74 Å². The van der Waals surface area contributed by atoms with Crippen LogP contribution in [0.15, 0.2) is 101 Å². The molecule has 0 bridgehead atoms. The molecule has 30 heavy (non-hydrogen) atoms. The number of hydrogen-bond donors (Lipinski definition) is 1. The lowest BCUT2D eigenvalue weighted by Crippen LogP contribution is -2.18. The van der Waals surface area contributed by atoms with Crippen LogP contribution in [0.5, 0.6) is 5.75 Å². The van der Waals surface area contributed by atoms with Crippen LogP contribution in [-0.2, 0) is 6.61 Å². The fraction of sp³-hybridized carbons (Fsp3) is 0.0400. The fourth-order valence-corrected chi connectivity index (χ4v) is 3.60. The molecule has 4 nitrogen and oxygen atoms in total. The Bertz CT molecular complexity index is 1220. The SMILES string of the molecule is O=C(N/N=C\c1cccc(OCc2cccc3ccccc23)c1)c1ccccc1Br. The summed E-state index contributed by atoms with van der Waals surface area (Å²) in [6, 6.07) is 29.3. The molecule has 0 aromatic heterocycles. The first-order valence-electron chi connectivity index (χ1n) is 9.48. The van der Waals surface area contributed by atoms with Gasteiger partial charge in [0.25, 0.3) is 5.91 Å². The van der Waals surface area contributed by atoms with Gasteiger partial charge in [-0.05, 0) is 62.1 Å². The largest absolute Gasteiger partial charge is 0.489 e. The first-order valence-corrected chi connectivity index (χ1v) is 10.3. The Hall–Kier alpha value is -3.44. The fourth-order valence-electron chi connectivity index (χ4n) is 3.14. The number of nitrogens with one attached hydrogen (secondary N) is 1. The third-order valence-electron chi connectivity index (χ3n) is 4.63. The molecule has 0 aliphatic carbocycles. The lowest BCUT2D eigenvalue weighted by atomic mass is 10.1. The van der Waals surface area contributed by atoms with Crippen LogP contribution in [0.25, 0.3) is 10.8 Å². The predicted molar refractivity (Wildman–Crippen MR) is 124 cm³/mol. The van der Waals surface area contributed by atoms with E-state index in [0.29, 0.717) is 12.2 Å². The summed E-state index contributed by atoms with van der Waals surface area (Å²) in [5, 5.41) is 6.44. The molecule has 1 N–H and O–H groups in total. The van der Waals surface area contributed by atoms with Gasteiger partial charge in [0, 0.05) is 4.47 Å². The number of carbonyl (C=O) groups excluding carboxylic acids is 1. The number of halogens is 1. The van der Waals surface area contributed by atoms with Crippen molar-refractivity contribution in [3.63, 3.8) is 0 Å². The summed E-state index contributed by atoms with van der Waals surface area (Å²) in [4.78, 5) is 12.2. The van der Waals surface area contributed by atoms with Crippen molar-refractivity contribution in [1.82, 2.24) is 5.43 Å². The highest BCUT2D eigenvalue weighted by molar-refractivity contribution is 9.10. The topological polar surface area (TPSA) is 50.7 Å². The number of fused-ring (bicyclic) bond motifs is 1. The van der Waals surface area contributed by atoms with Gasteiger partial charge in [-0.25, -0.2) is 5.43 Å². The third-order valence-corrected chi connectivity index (χ3v) is 5.32. The Morgan fingerprint density at radius 2 is 1.70 bits per heavy atom. The van der Waals surface area contributed by atoms with Crippen LogP contribution in [0.2, 0.25) is 0 Å². The van der Waals surface area contributed by atoms with Crippen molar-refractivity contribution in [2.45, 2.75) is 6.61 Å². The minimum absolute atomic E-state index is 0.276. The molecule has 0 saturated heterocycles. The molecule has 0 spiro atoms. The van der Waals surface area contributed by atoms with E-state index < -0.39 is 0 Å². The van der Waals surface area contributed by atoms with Crippen molar-refractivity contribution >= 4 is 38.8 Å². The maximum atomic E-state index is 12.2. The molecule has 0 heterocycles. The molecule has 0 radical (unpaired) electrons.